The van der Waals surface area contributed by atoms with E-state index in [9.17, 15) is 4.79 Å². The molecule has 7 heteroatoms. The third-order valence-corrected chi connectivity index (χ3v) is 3.83. The summed E-state index contributed by atoms with van der Waals surface area (Å²) in [6, 6.07) is 11.1. The van der Waals surface area contributed by atoms with Gasteiger partial charge < -0.3 is 14.6 Å². The van der Waals surface area contributed by atoms with Crippen LogP contribution in [0.5, 0.6) is 5.75 Å². The first-order valence-electron chi connectivity index (χ1n) is 6.55. The minimum atomic E-state index is -0.393. The highest BCUT2D eigenvalue weighted by Gasteiger charge is 2.16. The fourth-order valence-corrected chi connectivity index (χ4v) is 2.50. The molecule has 0 aliphatic carbocycles. The molecule has 3 rings (SSSR count). The van der Waals surface area contributed by atoms with Crippen molar-refractivity contribution in [3.05, 3.63) is 52.5 Å². The second-order valence-electron chi connectivity index (χ2n) is 4.42. The van der Waals surface area contributed by atoms with Gasteiger partial charge in [-0.1, -0.05) is 23.4 Å². The van der Waals surface area contributed by atoms with Crippen LogP contribution in [-0.2, 0) is 6.54 Å². The topological polar surface area (TPSA) is 77.2 Å². The zero-order chi connectivity index (χ0) is 15.4. The van der Waals surface area contributed by atoms with Crippen LogP contribution in [0.1, 0.15) is 15.6 Å². The van der Waals surface area contributed by atoms with Gasteiger partial charge in [-0.25, -0.2) is 0 Å². The van der Waals surface area contributed by atoms with Crippen molar-refractivity contribution in [1.29, 1.82) is 0 Å². The van der Waals surface area contributed by atoms with Crippen LogP contribution in [0.15, 0.2) is 46.3 Å². The average molecular weight is 315 g/mol. The summed E-state index contributed by atoms with van der Waals surface area (Å²) in [6.45, 7) is 0.438. The Bertz CT molecular complexity index is 768. The Kier molecular flexibility index (Phi) is 4.15. The largest absolute Gasteiger partial charge is 0.497 e. The molecule has 112 valence electrons. The van der Waals surface area contributed by atoms with Crippen molar-refractivity contribution < 1.29 is 14.1 Å². The van der Waals surface area contributed by atoms with Crippen LogP contribution in [0.4, 0.5) is 0 Å². The number of ether oxygens (including phenoxy) is 1. The van der Waals surface area contributed by atoms with E-state index in [0.29, 0.717) is 18.1 Å². The fraction of sp³-hybridized carbons (Fsp3) is 0.133. The van der Waals surface area contributed by atoms with Crippen LogP contribution in [-0.4, -0.2) is 23.2 Å². The van der Waals surface area contributed by atoms with Gasteiger partial charge in [0.2, 0.25) is 5.82 Å². The number of amides is 1. The van der Waals surface area contributed by atoms with Gasteiger partial charge in [-0.05, 0) is 23.6 Å². The van der Waals surface area contributed by atoms with Crippen LogP contribution in [0.3, 0.4) is 0 Å². The number of nitrogens with zero attached hydrogens (tertiary/aromatic N) is 2. The van der Waals surface area contributed by atoms with Gasteiger partial charge in [0.25, 0.3) is 0 Å². The molecule has 1 N–H and O–H groups in total. The van der Waals surface area contributed by atoms with Crippen molar-refractivity contribution in [3.8, 4) is 17.1 Å². The molecule has 0 radical (unpaired) electrons. The molecule has 22 heavy (non-hydrogen) atoms. The first kappa shape index (κ1) is 14.3. The van der Waals surface area contributed by atoms with E-state index >= 15 is 0 Å². The predicted molar refractivity (Wildman–Crippen MR) is 81.8 cm³/mol. The van der Waals surface area contributed by atoms with Crippen molar-refractivity contribution in [2.24, 2.45) is 0 Å². The maximum atomic E-state index is 12.0. The first-order chi connectivity index (χ1) is 10.8. The number of rotatable bonds is 5. The van der Waals surface area contributed by atoms with Crippen molar-refractivity contribution in [2.45, 2.75) is 6.54 Å². The van der Waals surface area contributed by atoms with Crippen molar-refractivity contribution in [3.63, 3.8) is 0 Å². The molecule has 0 spiro atoms. The Labute approximate surface area is 130 Å². The van der Waals surface area contributed by atoms with Gasteiger partial charge in [0, 0.05) is 10.4 Å². The van der Waals surface area contributed by atoms with Gasteiger partial charge in [0.15, 0.2) is 0 Å². The lowest BCUT2D eigenvalue weighted by atomic mass is 10.2. The number of methoxy groups -OCH3 is 1. The van der Waals surface area contributed by atoms with E-state index in [1.165, 1.54) is 0 Å². The molecule has 0 aliphatic heterocycles. The lowest BCUT2D eigenvalue weighted by Gasteiger charge is -2.00. The van der Waals surface area contributed by atoms with E-state index in [-0.39, 0.29) is 5.89 Å². The highest BCUT2D eigenvalue weighted by Crippen LogP contribution is 2.21. The maximum Gasteiger partial charge on any atom is 0.316 e. The molecule has 3 aromatic rings. The van der Waals surface area contributed by atoms with E-state index in [4.69, 9.17) is 9.26 Å². The monoisotopic (exact) mass is 315 g/mol. The molecule has 0 fully saturated rings. The van der Waals surface area contributed by atoms with Crippen molar-refractivity contribution in [1.82, 2.24) is 15.5 Å². The van der Waals surface area contributed by atoms with Gasteiger partial charge >= 0.3 is 11.8 Å². The quantitative estimate of drug-likeness (QED) is 0.783. The molecule has 6 nitrogen and oxygen atoms in total. The predicted octanol–water partition coefficient (Wildman–Crippen LogP) is 2.74. The standard InChI is InChI=1S/C15H13N3O3S/c1-20-11-5-2-4-10(8-11)13-17-15(21-18-13)14(19)16-9-12-6-3-7-22-12/h2-8H,9H2,1H3,(H,16,19). The van der Waals surface area contributed by atoms with E-state index in [1.54, 1.807) is 24.5 Å². The molecule has 0 saturated carbocycles. The molecule has 2 aromatic heterocycles. The highest BCUT2D eigenvalue weighted by atomic mass is 32.1. The van der Waals surface area contributed by atoms with Crippen LogP contribution in [0, 0.1) is 0 Å². The highest BCUT2D eigenvalue weighted by molar-refractivity contribution is 7.09. The van der Waals surface area contributed by atoms with Crippen LogP contribution in [0.2, 0.25) is 0 Å². The average Bonchev–Trinajstić information content (AvgIpc) is 3.24. The number of hydrogen-bond acceptors (Lipinski definition) is 6. The molecule has 1 amide bonds. The molecule has 0 saturated heterocycles. The van der Waals surface area contributed by atoms with Gasteiger partial charge in [-0.2, -0.15) is 4.98 Å². The minimum absolute atomic E-state index is 0.0608. The number of thiophene rings is 1. The molecular weight excluding hydrogens is 302 g/mol. The molecule has 0 aliphatic rings. The number of benzene rings is 1. The Balaban J connectivity index is 1.71. The normalized spacial score (nSPS) is 10.4. The smallest absolute Gasteiger partial charge is 0.316 e. The van der Waals surface area contributed by atoms with E-state index in [0.717, 1.165) is 10.4 Å². The minimum Gasteiger partial charge on any atom is -0.497 e. The summed E-state index contributed by atoms with van der Waals surface area (Å²) in [6.07, 6.45) is 0. The summed E-state index contributed by atoms with van der Waals surface area (Å²) in [5.41, 5.74) is 0.723. The number of nitrogens with one attached hydrogen (secondary N) is 1. The molecule has 1 aromatic carbocycles. The Morgan fingerprint density at radius 1 is 1.36 bits per heavy atom. The molecular formula is C15H13N3O3S. The fourth-order valence-electron chi connectivity index (χ4n) is 1.85. The van der Waals surface area contributed by atoms with E-state index in [1.807, 2.05) is 35.7 Å². The zero-order valence-electron chi connectivity index (χ0n) is 11.8. The van der Waals surface area contributed by atoms with Crippen LogP contribution >= 0.6 is 11.3 Å². The summed E-state index contributed by atoms with van der Waals surface area (Å²) in [4.78, 5) is 17.2. The third-order valence-electron chi connectivity index (χ3n) is 2.95. The number of carbonyl (C=O) groups is 1. The Morgan fingerprint density at radius 3 is 3.05 bits per heavy atom. The summed E-state index contributed by atoms with van der Waals surface area (Å²) in [7, 11) is 1.58. The van der Waals surface area contributed by atoms with Gasteiger partial charge in [-0.15, -0.1) is 11.3 Å². The van der Waals surface area contributed by atoms with Gasteiger partial charge in [0.1, 0.15) is 5.75 Å². The van der Waals surface area contributed by atoms with Gasteiger partial charge in [-0.3, -0.25) is 4.79 Å². The first-order valence-corrected chi connectivity index (χ1v) is 7.43. The van der Waals surface area contributed by atoms with Crippen LogP contribution in [0.25, 0.3) is 11.4 Å². The lowest BCUT2D eigenvalue weighted by Crippen LogP contribution is -2.22. The van der Waals surface area contributed by atoms with Gasteiger partial charge in [0.05, 0.1) is 13.7 Å². The maximum absolute atomic E-state index is 12.0. The molecule has 0 atom stereocenters. The Hall–Kier alpha value is -2.67. The third kappa shape index (κ3) is 3.15. The number of carbonyl (C=O) groups excluding carboxylic acids is 1. The van der Waals surface area contributed by atoms with E-state index < -0.39 is 5.91 Å². The van der Waals surface area contributed by atoms with Crippen molar-refractivity contribution in [2.75, 3.05) is 7.11 Å². The van der Waals surface area contributed by atoms with Crippen LogP contribution < -0.4 is 10.1 Å². The Morgan fingerprint density at radius 2 is 2.27 bits per heavy atom. The zero-order valence-corrected chi connectivity index (χ0v) is 12.6. The summed E-state index contributed by atoms with van der Waals surface area (Å²) in [5.74, 6) is 0.579. The second kappa shape index (κ2) is 6.40. The summed E-state index contributed by atoms with van der Waals surface area (Å²) < 4.78 is 10.2. The SMILES string of the molecule is COc1cccc(-c2noc(C(=O)NCc3cccs3)n2)c1. The van der Waals surface area contributed by atoms with E-state index in [2.05, 4.69) is 15.5 Å². The number of hydrogen-bond donors (Lipinski definition) is 1. The summed E-state index contributed by atoms with van der Waals surface area (Å²) in [5, 5.41) is 8.52. The molecule has 0 bridgehead atoms. The lowest BCUT2D eigenvalue weighted by molar-refractivity contribution is 0.0907. The second-order valence-corrected chi connectivity index (χ2v) is 5.45. The molecule has 0 unspecified atom stereocenters. The number of aromatic nitrogens is 2. The summed E-state index contributed by atoms with van der Waals surface area (Å²) >= 11 is 1.57. The van der Waals surface area contributed by atoms with Crippen molar-refractivity contribution >= 4 is 17.2 Å². The molecule has 2 heterocycles.